The Morgan fingerprint density at radius 3 is 2.54 bits per heavy atom. The number of aromatic nitrogens is 1. The van der Waals surface area contributed by atoms with E-state index in [1.54, 1.807) is 30.5 Å². The summed E-state index contributed by atoms with van der Waals surface area (Å²) in [6, 6.07) is 10.1. The van der Waals surface area contributed by atoms with Crippen molar-refractivity contribution in [1.82, 2.24) is 14.8 Å². The average molecular weight is 325 g/mol. The van der Waals surface area contributed by atoms with Gasteiger partial charge in [0.2, 0.25) is 5.91 Å². The highest BCUT2D eigenvalue weighted by Crippen LogP contribution is 2.09. The molecule has 3 rings (SSSR count). The number of halogens is 1. The summed E-state index contributed by atoms with van der Waals surface area (Å²) >= 11 is 0. The topological polar surface area (TPSA) is 36.4 Å². The predicted molar refractivity (Wildman–Crippen MR) is 91.5 cm³/mol. The Labute approximate surface area is 141 Å². The molecule has 2 heterocycles. The fourth-order valence-electron chi connectivity index (χ4n) is 2.72. The van der Waals surface area contributed by atoms with Crippen LogP contribution in [-0.4, -0.2) is 46.9 Å². The highest BCUT2D eigenvalue weighted by Gasteiger charge is 2.19. The van der Waals surface area contributed by atoms with E-state index in [0.29, 0.717) is 13.1 Å². The number of rotatable bonds is 4. The molecule has 124 valence electrons. The van der Waals surface area contributed by atoms with Crippen molar-refractivity contribution >= 4 is 12.0 Å². The van der Waals surface area contributed by atoms with Gasteiger partial charge in [0, 0.05) is 51.2 Å². The molecule has 4 nitrogen and oxygen atoms in total. The summed E-state index contributed by atoms with van der Waals surface area (Å²) in [5.74, 6) is -0.274. The molecule has 0 spiro atoms. The van der Waals surface area contributed by atoms with E-state index in [2.05, 4.69) is 16.0 Å². The van der Waals surface area contributed by atoms with Gasteiger partial charge in [-0.3, -0.25) is 14.7 Å². The van der Waals surface area contributed by atoms with Crippen molar-refractivity contribution in [1.29, 1.82) is 0 Å². The monoisotopic (exact) mass is 325 g/mol. The van der Waals surface area contributed by atoms with E-state index in [1.165, 1.54) is 17.7 Å². The van der Waals surface area contributed by atoms with Gasteiger partial charge in [0.1, 0.15) is 5.82 Å². The minimum atomic E-state index is -0.275. The summed E-state index contributed by atoms with van der Waals surface area (Å²) in [5.41, 5.74) is 2.01. The maximum atomic E-state index is 12.9. The van der Waals surface area contributed by atoms with Crippen molar-refractivity contribution in [2.75, 3.05) is 26.2 Å². The SMILES string of the molecule is O=C(/C=C/c1ccc(F)cc1)N1CCN(Cc2cccnc2)CC1. The molecule has 24 heavy (non-hydrogen) atoms. The molecular formula is C19H20FN3O. The highest BCUT2D eigenvalue weighted by atomic mass is 19.1. The number of carbonyl (C=O) groups excluding carboxylic acids is 1. The lowest BCUT2D eigenvalue weighted by Gasteiger charge is -2.34. The van der Waals surface area contributed by atoms with Crippen molar-refractivity contribution < 1.29 is 9.18 Å². The Kier molecular flexibility index (Phi) is 5.33. The Balaban J connectivity index is 1.49. The highest BCUT2D eigenvalue weighted by molar-refractivity contribution is 5.91. The smallest absolute Gasteiger partial charge is 0.246 e. The molecule has 0 atom stereocenters. The van der Waals surface area contributed by atoms with Crippen LogP contribution in [0.15, 0.2) is 54.9 Å². The second-order valence-corrected chi connectivity index (χ2v) is 5.85. The first-order chi connectivity index (χ1) is 11.7. The van der Waals surface area contributed by atoms with E-state index in [1.807, 2.05) is 17.2 Å². The number of nitrogens with zero attached hydrogens (tertiary/aromatic N) is 3. The van der Waals surface area contributed by atoms with Crippen molar-refractivity contribution in [3.8, 4) is 0 Å². The summed E-state index contributed by atoms with van der Waals surface area (Å²) in [7, 11) is 0. The zero-order valence-corrected chi connectivity index (χ0v) is 13.4. The van der Waals surface area contributed by atoms with Gasteiger partial charge in [-0.15, -0.1) is 0 Å². The van der Waals surface area contributed by atoms with Crippen LogP contribution in [0, 0.1) is 5.82 Å². The van der Waals surface area contributed by atoms with Gasteiger partial charge in [-0.2, -0.15) is 0 Å². The van der Waals surface area contributed by atoms with Gasteiger partial charge in [-0.05, 0) is 35.4 Å². The van der Waals surface area contributed by atoms with Gasteiger partial charge in [0.15, 0.2) is 0 Å². The normalized spacial score (nSPS) is 15.8. The number of hydrogen-bond donors (Lipinski definition) is 0. The van der Waals surface area contributed by atoms with Gasteiger partial charge in [-0.25, -0.2) is 4.39 Å². The molecule has 0 unspecified atom stereocenters. The summed E-state index contributed by atoms with van der Waals surface area (Å²) in [6.07, 6.45) is 6.93. The van der Waals surface area contributed by atoms with Crippen LogP contribution < -0.4 is 0 Å². The van der Waals surface area contributed by atoms with Crippen molar-refractivity contribution in [2.24, 2.45) is 0 Å². The van der Waals surface area contributed by atoms with Crippen LogP contribution in [0.25, 0.3) is 6.08 Å². The minimum Gasteiger partial charge on any atom is -0.337 e. The van der Waals surface area contributed by atoms with Crippen molar-refractivity contribution in [3.63, 3.8) is 0 Å². The lowest BCUT2D eigenvalue weighted by molar-refractivity contribution is -0.127. The van der Waals surface area contributed by atoms with E-state index in [0.717, 1.165) is 25.2 Å². The van der Waals surface area contributed by atoms with E-state index in [-0.39, 0.29) is 11.7 Å². The first-order valence-electron chi connectivity index (χ1n) is 8.04. The molecule has 1 amide bonds. The van der Waals surface area contributed by atoms with E-state index in [9.17, 15) is 9.18 Å². The third-order valence-electron chi connectivity index (χ3n) is 4.10. The molecule has 1 fully saturated rings. The molecule has 5 heteroatoms. The van der Waals surface area contributed by atoms with Gasteiger partial charge in [0.25, 0.3) is 0 Å². The maximum absolute atomic E-state index is 12.9. The Bertz CT molecular complexity index is 692. The molecule has 1 saturated heterocycles. The van der Waals surface area contributed by atoms with Crippen LogP contribution in [0.2, 0.25) is 0 Å². The van der Waals surface area contributed by atoms with E-state index < -0.39 is 0 Å². The van der Waals surface area contributed by atoms with Crippen LogP contribution in [0.1, 0.15) is 11.1 Å². The second-order valence-electron chi connectivity index (χ2n) is 5.85. The lowest BCUT2D eigenvalue weighted by atomic mass is 10.2. The zero-order chi connectivity index (χ0) is 16.8. The number of piperazine rings is 1. The van der Waals surface area contributed by atoms with Crippen LogP contribution >= 0.6 is 0 Å². The summed E-state index contributed by atoms with van der Waals surface area (Å²) in [6.45, 7) is 4.00. The third-order valence-corrected chi connectivity index (χ3v) is 4.10. The predicted octanol–water partition coefficient (Wildman–Crippen LogP) is 2.58. The molecule has 0 aliphatic carbocycles. The Morgan fingerprint density at radius 2 is 1.88 bits per heavy atom. The number of pyridine rings is 1. The lowest BCUT2D eigenvalue weighted by Crippen LogP contribution is -2.47. The molecule has 1 aromatic carbocycles. The molecule has 0 radical (unpaired) electrons. The summed E-state index contributed by atoms with van der Waals surface area (Å²) in [5, 5.41) is 0. The van der Waals surface area contributed by atoms with Gasteiger partial charge in [-0.1, -0.05) is 18.2 Å². The fraction of sp³-hybridized carbons (Fsp3) is 0.263. The van der Waals surface area contributed by atoms with Crippen molar-refractivity contribution in [3.05, 3.63) is 71.8 Å². The van der Waals surface area contributed by atoms with Gasteiger partial charge >= 0.3 is 0 Å². The molecule has 0 bridgehead atoms. The van der Waals surface area contributed by atoms with Gasteiger partial charge < -0.3 is 4.90 Å². The van der Waals surface area contributed by atoms with Crippen LogP contribution in [0.5, 0.6) is 0 Å². The maximum Gasteiger partial charge on any atom is 0.246 e. The third kappa shape index (κ3) is 4.49. The van der Waals surface area contributed by atoms with E-state index in [4.69, 9.17) is 0 Å². The quantitative estimate of drug-likeness (QED) is 0.811. The number of benzene rings is 1. The standard InChI is InChI=1S/C19H20FN3O/c20-18-6-3-16(4-7-18)5-8-19(24)23-12-10-22(11-13-23)15-17-2-1-9-21-14-17/h1-9,14H,10-13,15H2/b8-5+. The van der Waals surface area contributed by atoms with Crippen LogP contribution in [-0.2, 0) is 11.3 Å². The fourth-order valence-corrected chi connectivity index (χ4v) is 2.72. The summed E-state index contributed by atoms with van der Waals surface area (Å²) in [4.78, 5) is 20.5. The van der Waals surface area contributed by atoms with Gasteiger partial charge in [0.05, 0.1) is 0 Å². The number of carbonyl (C=O) groups is 1. The van der Waals surface area contributed by atoms with Crippen molar-refractivity contribution in [2.45, 2.75) is 6.54 Å². The van der Waals surface area contributed by atoms with Crippen LogP contribution in [0.4, 0.5) is 4.39 Å². The second kappa shape index (κ2) is 7.84. The molecule has 1 aromatic heterocycles. The number of hydrogen-bond acceptors (Lipinski definition) is 3. The molecule has 0 N–H and O–H groups in total. The largest absolute Gasteiger partial charge is 0.337 e. The first-order valence-corrected chi connectivity index (χ1v) is 8.04. The zero-order valence-electron chi connectivity index (χ0n) is 13.4. The molecule has 1 aliphatic heterocycles. The summed E-state index contributed by atoms with van der Waals surface area (Å²) < 4.78 is 12.9. The number of amides is 1. The molecule has 0 saturated carbocycles. The first kappa shape index (κ1) is 16.3. The Morgan fingerprint density at radius 1 is 1.12 bits per heavy atom. The minimum absolute atomic E-state index is 0.000327. The molecular weight excluding hydrogens is 305 g/mol. The van der Waals surface area contributed by atoms with E-state index >= 15 is 0 Å². The Hall–Kier alpha value is -2.53. The molecule has 1 aliphatic rings. The average Bonchev–Trinajstić information content (AvgIpc) is 2.62. The molecule has 2 aromatic rings. The van der Waals surface area contributed by atoms with Crippen LogP contribution in [0.3, 0.4) is 0 Å².